The summed E-state index contributed by atoms with van der Waals surface area (Å²) in [7, 11) is 0. The molecule has 1 saturated heterocycles. The highest BCUT2D eigenvalue weighted by Gasteiger charge is 2.32. The first-order valence-corrected chi connectivity index (χ1v) is 10.4. The van der Waals surface area contributed by atoms with E-state index < -0.39 is 5.60 Å². The molecule has 3 N–H and O–H groups in total. The molecule has 4 aromatic rings. The molecule has 0 saturated carbocycles. The molecule has 32 heavy (non-hydrogen) atoms. The predicted molar refractivity (Wildman–Crippen MR) is 116 cm³/mol. The number of nitrogen functional groups attached to an aromatic ring is 1. The molecule has 1 unspecified atom stereocenters. The van der Waals surface area contributed by atoms with Gasteiger partial charge in [-0.3, -0.25) is 9.36 Å². The topological polar surface area (TPSA) is 136 Å². The van der Waals surface area contributed by atoms with Crippen LogP contribution >= 0.6 is 0 Å². The lowest BCUT2D eigenvalue weighted by atomic mass is 9.92. The van der Waals surface area contributed by atoms with Crippen LogP contribution in [0.2, 0.25) is 0 Å². The van der Waals surface area contributed by atoms with Gasteiger partial charge in [0.05, 0.1) is 11.0 Å². The molecule has 10 nitrogen and oxygen atoms in total. The second-order valence-corrected chi connectivity index (χ2v) is 8.14. The van der Waals surface area contributed by atoms with Gasteiger partial charge in [-0.25, -0.2) is 9.97 Å². The summed E-state index contributed by atoms with van der Waals surface area (Å²) in [5, 5.41) is 15.2. The van der Waals surface area contributed by atoms with Crippen molar-refractivity contribution in [2.24, 2.45) is 0 Å². The number of anilines is 1. The lowest BCUT2D eigenvalue weighted by molar-refractivity contribution is 0.0779. The van der Waals surface area contributed by atoms with Gasteiger partial charge in [0.2, 0.25) is 11.8 Å². The fourth-order valence-electron chi connectivity index (χ4n) is 4.05. The smallest absolute Gasteiger partial charge is 0.290 e. The highest BCUT2D eigenvalue weighted by Crippen LogP contribution is 2.32. The number of amides is 1. The van der Waals surface area contributed by atoms with Crippen molar-refractivity contribution in [3.05, 3.63) is 59.4 Å². The van der Waals surface area contributed by atoms with Crippen molar-refractivity contribution in [2.75, 3.05) is 18.8 Å². The van der Waals surface area contributed by atoms with E-state index in [-0.39, 0.29) is 17.7 Å². The van der Waals surface area contributed by atoms with Crippen LogP contribution in [-0.2, 0) is 5.60 Å². The van der Waals surface area contributed by atoms with E-state index >= 15 is 0 Å². The van der Waals surface area contributed by atoms with Crippen LogP contribution in [0.5, 0.6) is 0 Å². The number of likely N-dealkylation sites (tertiary alicyclic amines) is 1. The molecule has 5 rings (SSSR count). The average Bonchev–Trinajstić information content (AvgIpc) is 3.52. The molecule has 0 aliphatic carbocycles. The first-order chi connectivity index (χ1) is 15.3. The Hall–Kier alpha value is -3.79. The van der Waals surface area contributed by atoms with Gasteiger partial charge in [-0.2, -0.15) is 4.98 Å². The molecule has 0 bridgehead atoms. The Bertz CT molecular complexity index is 1320. The Kier molecular flexibility index (Phi) is 4.66. The van der Waals surface area contributed by atoms with Crippen LogP contribution < -0.4 is 5.73 Å². The number of fused-ring (bicyclic) bond motifs is 1. The third-order valence-corrected chi connectivity index (χ3v) is 5.82. The van der Waals surface area contributed by atoms with E-state index in [0.29, 0.717) is 47.0 Å². The number of hydrogen-bond acceptors (Lipinski definition) is 8. The number of carbonyl (C=O) groups excluding carboxylic acids is 1. The molecule has 1 atom stereocenters. The predicted octanol–water partition coefficient (Wildman–Crippen LogP) is 2.19. The standard InChI is InChI=1S/C22H23N7O3/c1-13-11-17(27-32-13)22(2,31)14-5-6-15-16(12-14)29(18-7-8-24-21(23)26-18)19(25-15)20(30)28-9-3-4-10-28/h5-8,11-12,31H,3-4,9-10H2,1-2H3,(H2,23,24,26). The number of aromatic nitrogens is 5. The summed E-state index contributed by atoms with van der Waals surface area (Å²) < 4.78 is 6.82. The van der Waals surface area contributed by atoms with E-state index in [0.717, 1.165) is 12.8 Å². The highest BCUT2D eigenvalue weighted by atomic mass is 16.5. The number of hydrogen-bond donors (Lipinski definition) is 2. The Morgan fingerprint density at radius 2 is 1.97 bits per heavy atom. The summed E-state index contributed by atoms with van der Waals surface area (Å²) in [6.45, 7) is 4.80. The van der Waals surface area contributed by atoms with Crippen LogP contribution in [0.25, 0.3) is 16.9 Å². The van der Waals surface area contributed by atoms with Gasteiger partial charge in [0.1, 0.15) is 22.9 Å². The maximum atomic E-state index is 13.3. The third kappa shape index (κ3) is 3.28. The zero-order chi connectivity index (χ0) is 22.5. The van der Waals surface area contributed by atoms with Gasteiger partial charge in [0.15, 0.2) is 0 Å². The Labute approximate surface area is 183 Å². The van der Waals surface area contributed by atoms with E-state index in [1.54, 1.807) is 53.6 Å². The Morgan fingerprint density at radius 3 is 2.66 bits per heavy atom. The number of nitrogens with two attached hydrogens (primary N) is 1. The van der Waals surface area contributed by atoms with Gasteiger partial charge in [-0.1, -0.05) is 11.2 Å². The van der Waals surface area contributed by atoms with Crippen LogP contribution in [-0.4, -0.2) is 53.7 Å². The van der Waals surface area contributed by atoms with Crippen molar-refractivity contribution < 1.29 is 14.4 Å². The number of aliphatic hydroxyl groups is 1. The Morgan fingerprint density at radius 1 is 1.19 bits per heavy atom. The van der Waals surface area contributed by atoms with E-state index in [1.165, 1.54) is 6.20 Å². The number of aryl methyl sites for hydroxylation is 1. The van der Waals surface area contributed by atoms with E-state index in [4.69, 9.17) is 10.3 Å². The minimum Gasteiger partial charge on any atom is -0.379 e. The molecule has 1 aliphatic heterocycles. The Balaban J connectivity index is 1.71. The fourth-order valence-corrected chi connectivity index (χ4v) is 4.05. The number of imidazole rings is 1. The maximum absolute atomic E-state index is 13.3. The van der Waals surface area contributed by atoms with Gasteiger partial charge >= 0.3 is 0 Å². The maximum Gasteiger partial charge on any atom is 0.290 e. The van der Waals surface area contributed by atoms with Crippen LogP contribution in [0.15, 0.2) is 41.1 Å². The number of benzene rings is 1. The monoisotopic (exact) mass is 433 g/mol. The molecule has 10 heteroatoms. The van der Waals surface area contributed by atoms with Crippen molar-refractivity contribution in [2.45, 2.75) is 32.3 Å². The lowest BCUT2D eigenvalue weighted by Crippen LogP contribution is -2.30. The van der Waals surface area contributed by atoms with Gasteiger partial charge in [0, 0.05) is 25.4 Å². The average molecular weight is 433 g/mol. The first kappa shape index (κ1) is 20.1. The van der Waals surface area contributed by atoms with Crippen LogP contribution in [0, 0.1) is 6.92 Å². The summed E-state index contributed by atoms with van der Waals surface area (Å²) >= 11 is 0. The summed E-state index contributed by atoms with van der Waals surface area (Å²) in [5.41, 5.74) is 6.58. The zero-order valence-corrected chi connectivity index (χ0v) is 17.8. The molecule has 0 spiro atoms. The normalized spacial score (nSPS) is 15.9. The molecule has 0 radical (unpaired) electrons. The zero-order valence-electron chi connectivity index (χ0n) is 17.8. The minimum absolute atomic E-state index is 0.0881. The van der Waals surface area contributed by atoms with Crippen LogP contribution in [0.3, 0.4) is 0 Å². The fraction of sp³-hybridized carbons (Fsp3) is 0.318. The molecule has 1 amide bonds. The largest absolute Gasteiger partial charge is 0.379 e. The van der Waals surface area contributed by atoms with Gasteiger partial charge in [0.25, 0.3) is 5.91 Å². The van der Waals surface area contributed by atoms with Crippen molar-refractivity contribution in [3.63, 3.8) is 0 Å². The molecular formula is C22H23N7O3. The second kappa shape index (κ2) is 7.41. The quantitative estimate of drug-likeness (QED) is 0.500. The van der Waals surface area contributed by atoms with Crippen molar-refractivity contribution in [3.8, 4) is 5.82 Å². The molecule has 3 aromatic heterocycles. The second-order valence-electron chi connectivity index (χ2n) is 8.14. The summed E-state index contributed by atoms with van der Waals surface area (Å²) in [6.07, 6.45) is 3.47. The molecule has 1 aliphatic rings. The SMILES string of the molecule is Cc1cc(C(C)(O)c2ccc3nc(C(=O)N4CCCC4)n(-c4ccnc(N)n4)c3c2)no1. The number of carbonyl (C=O) groups is 1. The molecule has 1 fully saturated rings. The minimum atomic E-state index is -1.41. The number of nitrogens with zero attached hydrogens (tertiary/aromatic N) is 6. The molecule has 4 heterocycles. The van der Waals surface area contributed by atoms with Crippen LogP contribution in [0.1, 0.15) is 47.4 Å². The summed E-state index contributed by atoms with van der Waals surface area (Å²) in [6, 6.07) is 8.68. The van der Waals surface area contributed by atoms with E-state index in [1.807, 2.05) is 0 Å². The molecule has 164 valence electrons. The van der Waals surface area contributed by atoms with Crippen molar-refractivity contribution in [1.29, 1.82) is 0 Å². The van der Waals surface area contributed by atoms with E-state index in [9.17, 15) is 9.90 Å². The van der Waals surface area contributed by atoms with E-state index in [2.05, 4.69) is 20.1 Å². The van der Waals surface area contributed by atoms with Crippen molar-refractivity contribution in [1.82, 2.24) is 29.6 Å². The van der Waals surface area contributed by atoms with Crippen LogP contribution in [0.4, 0.5) is 5.95 Å². The molecule has 1 aromatic carbocycles. The summed E-state index contributed by atoms with van der Waals surface area (Å²) in [5.74, 6) is 1.19. The third-order valence-electron chi connectivity index (χ3n) is 5.82. The van der Waals surface area contributed by atoms with Gasteiger partial charge in [-0.05, 0) is 50.5 Å². The summed E-state index contributed by atoms with van der Waals surface area (Å²) in [4.78, 5) is 28.0. The van der Waals surface area contributed by atoms with Crippen molar-refractivity contribution >= 4 is 22.9 Å². The number of rotatable bonds is 4. The highest BCUT2D eigenvalue weighted by molar-refractivity contribution is 5.96. The van der Waals surface area contributed by atoms with Gasteiger partial charge in [-0.15, -0.1) is 0 Å². The van der Waals surface area contributed by atoms with Gasteiger partial charge < -0.3 is 20.3 Å². The first-order valence-electron chi connectivity index (χ1n) is 10.4. The lowest BCUT2D eigenvalue weighted by Gasteiger charge is -2.21. The molecular weight excluding hydrogens is 410 g/mol.